The predicted molar refractivity (Wildman–Crippen MR) is 143 cm³/mol. The van der Waals surface area contributed by atoms with Crippen LogP contribution in [-0.2, 0) is 19.5 Å². The van der Waals surface area contributed by atoms with Gasteiger partial charge < -0.3 is 5.32 Å². The average molecular weight is 552 g/mol. The molecular weight excluding hydrogens is 531 g/mol. The number of amides is 1. The lowest BCUT2D eigenvalue weighted by molar-refractivity contribution is 0.240. The van der Waals surface area contributed by atoms with E-state index in [1.54, 1.807) is 24.4 Å². The van der Waals surface area contributed by atoms with Crippen molar-refractivity contribution in [3.63, 3.8) is 0 Å². The van der Waals surface area contributed by atoms with E-state index in [-0.39, 0.29) is 23.2 Å². The fourth-order valence-corrected chi connectivity index (χ4v) is 4.98. The molecule has 4 aromatic rings. The zero-order valence-electron chi connectivity index (χ0n) is 20.0. The van der Waals surface area contributed by atoms with Crippen LogP contribution < -0.4 is 5.32 Å². The Morgan fingerprint density at radius 2 is 2.00 bits per heavy atom. The number of nitrogens with one attached hydrogen (secondary N) is 1. The lowest BCUT2D eigenvalue weighted by Gasteiger charge is -2.27. The van der Waals surface area contributed by atoms with E-state index < -0.39 is 11.6 Å². The van der Waals surface area contributed by atoms with Gasteiger partial charge in [0, 0.05) is 49.9 Å². The van der Waals surface area contributed by atoms with Gasteiger partial charge in [-0.2, -0.15) is 5.26 Å². The van der Waals surface area contributed by atoms with Crippen molar-refractivity contribution in [1.29, 1.82) is 5.26 Å². The maximum Gasteiger partial charge on any atom is 0.326 e. The number of fused-ring (bicyclic) bond motifs is 3. The summed E-state index contributed by atoms with van der Waals surface area (Å²) in [7, 11) is 0. The van der Waals surface area contributed by atoms with Crippen LogP contribution in [0.5, 0.6) is 0 Å². The van der Waals surface area contributed by atoms with Gasteiger partial charge >= 0.3 is 6.03 Å². The quantitative estimate of drug-likeness (QED) is 0.294. The van der Waals surface area contributed by atoms with Gasteiger partial charge in [0.15, 0.2) is 0 Å². The largest absolute Gasteiger partial charge is 0.333 e. The normalized spacial score (nSPS) is 13.6. The van der Waals surface area contributed by atoms with Gasteiger partial charge in [-0.1, -0.05) is 41.4 Å². The zero-order chi connectivity index (χ0) is 26.8. The maximum absolute atomic E-state index is 14.6. The van der Waals surface area contributed by atoms with Gasteiger partial charge in [0.25, 0.3) is 0 Å². The van der Waals surface area contributed by atoms with E-state index in [2.05, 4.69) is 15.2 Å². The van der Waals surface area contributed by atoms with Gasteiger partial charge in [-0.3, -0.25) is 9.47 Å². The fourth-order valence-electron chi connectivity index (χ4n) is 4.67. The molecule has 2 aromatic carbocycles. The molecule has 0 fully saturated rings. The molecule has 0 spiro atoms. The predicted octanol–water partition coefficient (Wildman–Crippen LogP) is 6.32. The minimum absolute atomic E-state index is 0.0718. The summed E-state index contributed by atoms with van der Waals surface area (Å²) in [5, 5.41) is 13.3. The van der Waals surface area contributed by atoms with E-state index in [1.807, 2.05) is 18.2 Å². The first-order chi connectivity index (χ1) is 18.3. The summed E-state index contributed by atoms with van der Waals surface area (Å²) in [4.78, 5) is 19.5. The van der Waals surface area contributed by atoms with Gasteiger partial charge in [-0.15, -0.1) is 0 Å². The Morgan fingerprint density at radius 3 is 2.76 bits per heavy atom. The molecule has 0 aliphatic carbocycles. The first kappa shape index (κ1) is 25.9. The van der Waals surface area contributed by atoms with Crippen LogP contribution in [0.1, 0.15) is 27.9 Å². The number of rotatable bonds is 5. The molecule has 1 N–H and O–H groups in total. The fraction of sp³-hybridized carbons (Fsp3) is 0.179. The van der Waals surface area contributed by atoms with Crippen LogP contribution in [0.3, 0.4) is 0 Å². The molecule has 10 heteroatoms. The van der Waals surface area contributed by atoms with Gasteiger partial charge in [0.1, 0.15) is 22.9 Å². The number of carbonyl (C=O) groups excluding carboxylic acids is 1. The third-order valence-corrected chi connectivity index (χ3v) is 7.01. The number of pyridine rings is 1. The highest BCUT2D eigenvalue weighted by Crippen LogP contribution is 2.32. The number of aromatic nitrogens is 2. The molecule has 6 nitrogen and oxygen atoms in total. The third-order valence-electron chi connectivity index (χ3n) is 6.49. The minimum atomic E-state index is -0.631. The minimum Gasteiger partial charge on any atom is -0.333 e. The van der Waals surface area contributed by atoms with Crippen molar-refractivity contribution in [2.75, 3.05) is 13.1 Å². The summed E-state index contributed by atoms with van der Waals surface area (Å²) in [5.41, 5.74) is 3.44. The molecule has 192 valence electrons. The van der Waals surface area contributed by atoms with E-state index >= 15 is 0 Å². The molecule has 3 heterocycles. The van der Waals surface area contributed by atoms with E-state index in [1.165, 1.54) is 28.8 Å². The number of halogens is 4. The van der Waals surface area contributed by atoms with Crippen molar-refractivity contribution in [3.05, 3.63) is 104 Å². The lowest BCUT2D eigenvalue weighted by atomic mass is 10.0. The summed E-state index contributed by atoms with van der Waals surface area (Å²) in [6, 6.07) is 12.3. The van der Waals surface area contributed by atoms with Gasteiger partial charge in [-0.25, -0.2) is 18.6 Å². The van der Waals surface area contributed by atoms with Crippen LogP contribution in [0, 0.1) is 23.0 Å². The summed E-state index contributed by atoms with van der Waals surface area (Å²) in [6.45, 7) is 1.94. The molecular formula is C28H21Cl2F2N5O. The van der Waals surface area contributed by atoms with E-state index in [0.29, 0.717) is 47.7 Å². The third kappa shape index (κ3) is 5.27. The Kier molecular flexibility index (Phi) is 7.43. The average Bonchev–Trinajstić information content (AvgIpc) is 3.21. The summed E-state index contributed by atoms with van der Waals surface area (Å²) < 4.78 is 29.9. The van der Waals surface area contributed by atoms with E-state index in [0.717, 1.165) is 16.8 Å². The van der Waals surface area contributed by atoms with Crippen molar-refractivity contribution >= 4 is 46.2 Å². The summed E-state index contributed by atoms with van der Waals surface area (Å²) >= 11 is 11.7. The van der Waals surface area contributed by atoms with Crippen molar-refractivity contribution in [3.8, 4) is 6.07 Å². The molecule has 38 heavy (non-hydrogen) atoms. The smallest absolute Gasteiger partial charge is 0.326 e. The number of benzene rings is 2. The Hall–Kier alpha value is -3.77. The maximum atomic E-state index is 14.6. The molecule has 0 saturated heterocycles. The molecule has 1 aliphatic heterocycles. The van der Waals surface area contributed by atoms with E-state index in [4.69, 9.17) is 23.2 Å². The van der Waals surface area contributed by atoms with Gasteiger partial charge in [0.05, 0.1) is 16.1 Å². The Balaban J connectivity index is 1.42. The molecule has 2 aromatic heterocycles. The Morgan fingerprint density at radius 1 is 1.16 bits per heavy atom. The van der Waals surface area contributed by atoms with Crippen molar-refractivity contribution in [2.24, 2.45) is 0 Å². The van der Waals surface area contributed by atoms with Crippen LogP contribution in [0.4, 0.5) is 13.6 Å². The highest BCUT2D eigenvalue weighted by molar-refractivity contribution is 6.30. The lowest BCUT2D eigenvalue weighted by Crippen LogP contribution is -2.34. The molecule has 0 atom stereocenters. The van der Waals surface area contributed by atoms with Crippen molar-refractivity contribution in [1.82, 2.24) is 19.8 Å². The second-order valence-electron chi connectivity index (χ2n) is 8.93. The highest BCUT2D eigenvalue weighted by Gasteiger charge is 2.27. The number of carbonyl (C=O) groups is 1. The number of nitrogens with zero attached hydrogens (tertiary/aromatic N) is 4. The molecule has 5 rings (SSSR count). The van der Waals surface area contributed by atoms with E-state index in [9.17, 15) is 18.8 Å². The molecule has 0 saturated carbocycles. The van der Waals surface area contributed by atoms with Gasteiger partial charge in [0.2, 0.25) is 0 Å². The SMILES string of the molecule is N#Cc1cc2c(cc1F)c1c(n2C(=O)NCc2ccnc(Cl)c2)CCN(C/C=C/c2ccc(Cl)c(F)c2)C1. The Bertz CT molecular complexity index is 1630. The first-order valence-corrected chi connectivity index (χ1v) is 12.6. The van der Waals surface area contributed by atoms with Crippen LogP contribution in [-0.4, -0.2) is 33.6 Å². The summed E-state index contributed by atoms with van der Waals surface area (Å²) in [6.07, 6.45) is 5.85. The molecule has 1 amide bonds. The molecule has 0 radical (unpaired) electrons. The number of hydrogen-bond donors (Lipinski definition) is 1. The number of nitriles is 1. The van der Waals surface area contributed by atoms with Gasteiger partial charge in [-0.05, 0) is 53.1 Å². The zero-order valence-corrected chi connectivity index (χ0v) is 21.5. The topological polar surface area (TPSA) is 74.0 Å². The standard InChI is InChI=1S/C28H21Cl2F2N5O/c29-22-4-3-17(10-24(22)32)2-1-8-36-9-6-25-21(16-36)20-13-23(31)19(14-33)12-26(20)37(25)28(38)35-15-18-5-7-34-27(30)11-18/h1-5,7,10-13H,6,8-9,15-16H2,(H,35,38)/b2-1+. The summed E-state index contributed by atoms with van der Waals surface area (Å²) in [5.74, 6) is -1.11. The number of hydrogen-bond acceptors (Lipinski definition) is 4. The molecule has 0 bridgehead atoms. The van der Waals surface area contributed by atoms with Crippen LogP contribution in [0.25, 0.3) is 17.0 Å². The van der Waals surface area contributed by atoms with Crippen molar-refractivity contribution < 1.29 is 13.6 Å². The highest BCUT2D eigenvalue weighted by atomic mass is 35.5. The molecule has 0 unspecified atom stereocenters. The van der Waals surface area contributed by atoms with Crippen LogP contribution in [0.15, 0.2) is 54.7 Å². The Labute approximate surface area is 227 Å². The van der Waals surface area contributed by atoms with Crippen LogP contribution >= 0.6 is 23.2 Å². The van der Waals surface area contributed by atoms with Crippen LogP contribution in [0.2, 0.25) is 10.2 Å². The first-order valence-electron chi connectivity index (χ1n) is 11.8. The second-order valence-corrected chi connectivity index (χ2v) is 9.72. The monoisotopic (exact) mass is 551 g/mol. The second kappa shape index (κ2) is 10.9. The van der Waals surface area contributed by atoms with Crippen molar-refractivity contribution in [2.45, 2.75) is 19.5 Å². The molecule has 1 aliphatic rings.